The summed E-state index contributed by atoms with van der Waals surface area (Å²) < 4.78 is 3.83. The Morgan fingerprint density at radius 2 is 2.02 bits per heavy atom. The Morgan fingerprint density at radius 1 is 1.10 bits per heavy atom. The number of aromatic nitrogens is 6. The number of carbonyl (C=O) groups excluding carboxylic acids is 1. The number of imidazole rings is 1. The molecule has 10 nitrogen and oxygen atoms in total. The molecule has 2 aliphatic carbocycles. The molecule has 1 aromatic carbocycles. The molecular formula is C32H31N9O. The second-order valence-electron chi connectivity index (χ2n) is 11.5. The van der Waals surface area contributed by atoms with Gasteiger partial charge in [-0.3, -0.25) is 9.36 Å². The van der Waals surface area contributed by atoms with Crippen molar-refractivity contribution in [1.82, 2.24) is 39.5 Å². The Kier molecular flexibility index (Phi) is 5.71. The normalized spacial score (nSPS) is 22.6. The summed E-state index contributed by atoms with van der Waals surface area (Å²) in [5.74, 6) is 2.40. The van der Waals surface area contributed by atoms with Gasteiger partial charge in [-0.2, -0.15) is 5.10 Å². The number of rotatable bonds is 6. The molecular weight excluding hydrogens is 526 g/mol. The topological polar surface area (TPSA) is 120 Å². The molecule has 1 amide bonds. The summed E-state index contributed by atoms with van der Waals surface area (Å²) in [6.45, 7) is 4.50. The fourth-order valence-corrected chi connectivity index (χ4v) is 7.23. The Bertz CT molecular complexity index is 1840. The SMILES string of the molecule is C=CC(=O)N1C[C@H]2C[C@@H]1CC2N[C@H]1CCc2cc(-n3c(-c4cccnc4N)nc4ccc(-n5cccn5)nc43)ccc21. The van der Waals surface area contributed by atoms with Gasteiger partial charge >= 0.3 is 0 Å². The highest BCUT2D eigenvalue weighted by molar-refractivity contribution is 5.87. The summed E-state index contributed by atoms with van der Waals surface area (Å²) in [6.07, 6.45) is 10.9. The van der Waals surface area contributed by atoms with E-state index in [0.717, 1.165) is 54.6 Å². The predicted molar refractivity (Wildman–Crippen MR) is 160 cm³/mol. The van der Waals surface area contributed by atoms with Crippen LogP contribution in [0.1, 0.15) is 36.4 Å². The number of nitrogen functional groups attached to an aromatic ring is 1. The number of amides is 1. The van der Waals surface area contributed by atoms with Crippen LogP contribution >= 0.6 is 0 Å². The summed E-state index contributed by atoms with van der Waals surface area (Å²) in [4.78, 5) is 28.5. The first-order valence-corrected chi connectivity index (χ1v) is 14.5. The zero-order chi connectivity index (χ0) is 28.4. The van der Waals surface area contributed by atoms with Crippen LogP contribution in [0.15, 0.2) is 79.8 Å². The summed E-state index contributed by atoms with van der Waals surface area (Å²) in [5.41, 5.74) is 12.3. The quantitative estimate of drug-likeness (QED) is 0.303. The molecule has 8 rings (SSSR count). The van der Waals surface area contributed by atoms with E-state index in [1.807, 2.05) is 41.4 Å². The summed E-state index contributed by atoms with van der Waals surface area (Å²) in [7, 11) is 0. The number of hydrogen-bond donors (Lipinski definition) is 2. The highest BCUT2D eigenvalue weighted by Crippen LogP contribution is 2.41. The minimum absolute atomic E-state index is 0.0605. The molecule has 210 valence electrons. The minimum Gasteiger partial charge on any atom is -0.383 e. The Balaban J connectivity index is 1.15. The van der Waals surface area contributed by atoms with Crippen molar-refractivity contribution in [3.8, 4) is 22.9 Å². The van der Waals surface area contributed by atoms with Crippen molar-refractivity contribution in [1.29, 1.82) is 0 Å². The fraction of sp³-hybridized carbons (Fsp3) is 0.281. The smallest absolute Gasteiger partial charge is 0.246 e. The number of piperidine rings is 1. The third-order valence-electron chi connectivity index (χ3n) is 9.19. The molecule has 3 N–H and O–H groups in total. The van der Waals surface area contributed by atoms with E-state index in [4.69, 9.17) is 15.7 Å². The van der Waals surface area contributed by atoms with E-state index in [2.05, 4.69) is 44.7 Å². The van der Waals surface area contributed by atoms with Crippen molar-refractivity contribution < 1.29 is 4.79 Å². The molecule has 4 aromatic heterocycles. The molecule has 1 saturated carbocycles. The van der Waals surface area contributed by atoms with E-state index in [9.17, 15) is 4.79 Å². The molecule has 5 aromatic rings. The van der Waals surface area contributed by atoms with Crippen LogP contribution in [0.4, 0.5) is 5.82 Å². The summed E-state index contributed by atoms with van der Waals surface area (Å²) in [5, 5.41) is 8.33. The molecule has 1 aliphatic heterocycles. The van der Waals surface area contributed by atoms with Gasteiger partial charge in [0.2, 0.25) is 5.91 Å². The van der Waals surface area contributed by atoms with E-state index in [-0.39, 0.29) is 5.91 Å². The number of nitrogens with one attached hydrogen (secondary N) is 1. The van der Waals surface area contributed by atoms with Gasteiger partial charge in [-0.25, -0.2) is 19.6 Å². The average molecular weight is 558 g/mol. The Morgan fingerprint density at radius 3 is 2.81 bits per heavy atom. The van der Waals surface area contributed by atoms with Crippen LogP contribution in [0, 0.1) is 5.92 Å². The molecule has 42 heavy (non-hydrogen) atoms. The number of benzene rings is 1. The number of aryl methyl sites for hydroxylation is 1. The van der Waals surface area contributed by atoms with Crippen molar-refractivity contribution in [2.45, 2.75) is 43.8 Å². The van der Waals surface area contributed by atoms with Crippen LogP contribution in [0.3, 0.4) is 0 Å². The first-order valence-electron chi connectivity index (χ1n) is 14.5. The summed E-state index contributed by atoms with van der Waals surface area (Å²) in [6, 6.07) is 17.3. The first kappa shape index (κ1) is 24.9. The number of pyridine rings is 2. The lowest BCUT2D eigenvalue weighted by atomic mass is 9.99. The van der Waals surface area contributed by atoms with E-state index in [1.54, 1.807) is 17.1 Å². The zero-order valence-electron chi connectivity index (χ0n) is 23.1. The van der Waals surface area contributed by atoms with Gasteiger partial charge < -0.3 is 16.0 Å². The second kappa shape index (κ2) is 9.63. The number of anilines is 1. The maximum absolute atomic E-state index is 12.2. The number of likely N-dealkylation sites (tertiary alicyclic amines) is 1. The fourth-order valence-electron chi connectivity index (χ4n) is 7.23. The van der Waals surface area contributed by atoms with Crippen molar-refractivity contribution in [3.05, 3.63) is 90.9 Å². The van der Waals surface area contributed by atoms with Crippen LogP contribution in [0.2, 0.25) is 0 Å². The van der Waals surface area contributed by atoms with E-state index >= 15 is 0 Å². The van der Waals surface area contributed by atoms with Gasteiger partial charge in [0.25, 0.3) is 0 Å². The van der Waals surface area contributed by atoms with Gasteiger partial charge in [0.05, 0.1) is 5.56 Å². The van der Waals surface area contributed by atoms with Crippen molar-refractivity contribution >= 4 is 22.9 Å². The highest BCUT2D eigenvalue weighted by atomic mass is 16.2. The third kappa shape index (κ3) is 3.93. The van der Waals surface area contributed by atoms with Gasteiger partial charge in [0, 0.05) is 48.9 Å². The minimum atomic E-state index is 0.0605. The maximum Gasteiger partial charge on any atom is 0.246 e. The highest BCUT2D eigenvalue weighted by Gasteiger charge is 2.46. The van der Waals surface area contributed by atoms with Gasteiger partial charge in [-0.05, 0) is 91.3 Å². The number of hydrogen-bond acceptors (Lipinski definition) is 7. The van der Waals surface area contributed by atoms with Crippen LogP contribution < -0.4 is 11.1 Å². The lowest BCUT2D eigenvalue weighted by Gasteiger charge is -2.33. The van der Waals surface area contributed by atoms with E-state index in [1.165, 1.54) is 17.2 Å². The monoisotopic (exact) mass is 557 g/mol. The van der Waals surface area contributed by atoms with Crippen molar-refractivity contribution in [3.63, 3.8) is 0 Å². The largest absolute Gasteiger partial charge is 0.383 e. The van der Waals surface area contributed by atoms with Crippen molar-refractivity contribution in [2.75, 3.05) is 12.3 Å². The lowest BCUT2D eigenvalue weighted by Crippen LogP contribution is -2.46. The molecule has 0 radical (unpaired) electrons. The van der Waals surface area contributed by atoms with Crippen LogP contribution in [0.25, 0.3) is 34.1 Å². The molecule has 0 spiro atoms. The standard InChI is InChI=1S/C32H31N9O/c1-2-29(42)39-18-20-16-22(39)17-27(20)36-25-9-6-19-15-21(7-8-23(19)25)41-31(24-5-3-12-34-30(24)33)37-26-10-11-28(38-32(26)41)40-14-4-13-35-40/h2-5,7-8,10-15,20,22,25,27,36H,1,6,9,16-18H2,(H2,33,34)/t20-,22-,25+,27?/m1/s1. The second-order valence-corrected chi connectivity index (χ2v) is 11.5. The summed E-state index contributed by atoms with van der Waals surface area (Å²) >= 11 is 0. The van der Waals surface area contributed by atoms with Gasteiger partial charge in [-0.1, -0.05) is 12.6 Å². The number of fused-ring (bicyclic) bond motifs is 4. The molecule has 1 unspecified atom stereocenters. The molecule has 2 fully saturated rings. The molecule has 2 bridgehead atoms. The number of nitrogens with two attached hydrogens (primary N) is 1. The maximum atomic E-state index is 12.2. The van der Waals surface area contributed by atoms with Gasteiger partial charge in [0.15, 0.2) is 17.3 Å². The Hall–Kier alpha value is -4.83. The molecule has 4 atom stereocenters. The lowest BCUT2D eigenvalue weighted by molar-refractivity contribution is -0.127. The molecule has 10 heteroatoms. The molecule has 3 aliphatic rings. The molecule has 1 saturated heterocycles. The average Bonchev–Trinajstić information content (AvgIpc) is 3.85. The Labute approximate surface area is 242 Å². The van der Waals surface area contributed by atoms with Crippen LogP contribution in [-0.2, 0) is 11.2 Å². The van der Waals surface area contributed by atoms with E-state index in [0.29, 0.717) is 41.5 Å². The van der Waals surface area contributed by atoms with Crippen LogP contribution in [-0.4, -0.2) is 58.7 Å². The molecule has 5 heterocycles. The van der Waals surface area contributed by atoms with Crippen LogP contribution in [0.5, 0.6) is 0 Å². The predicted octanol–water partition coefficient (Wildman–Crippen LogP) is 4.00. The number of carbonyl (C=O) groups is 1. The zero-order valence-corrected chi connectivity index (χ0v) is 23.1. The first-order chi connectivity index (χ1) is 20.6. The number of nitrogens with zero attached hydrogens (tertiary/aromatic N) is 7. The van der Waals surface area contributed by atoms with Gasteiger partial charge in [0.1, 0.15) is 11.3 Å². The van der Waals surface area contributed by atoms with E-state index < -0.39 is 0 Å². The van der Waals surface area contributed by atoms with Crippen molar-refractivity contribution in [2.24, 2.45) is 5.92 Å². The third-order valence-corrected chi connectivity index (χ3v) is 9.19. The van der Waals surface area contributed by atoms with Gasteiger partial charge in [-0.15, -0.1) is 0 Å².